The molecule has 0 saturated heterocycles. The summed E-state index contributed by atoms with van der Waals surface area (Å²) in [5, 5.41) is 12.9. The van der Waals surface area contributed by atoms with Crippen molar-refractivity contribution in [1.82, 2.24) is 5.32 Å². The van der Waals surface area contributed by atoms with E-state index in [9.17, 15) is 4.79 Å². The number of fused-ring (bicyclic) bond motifs is 2. The van der Waals surface area contributed by atoms with Gasteiger partial charge in [-0.3, -0.25) is 10.2 Å². The van der Waals surface area contributed by atoms with Crippen LogP contribution in [0.1, 0.15) is 46.6 Å². The molecule has 1 aliphatic rings. The van der Waals surface area contributed by atoms with Crippen LogP contribution in [0.3, 0.4) is 0 Å². The first kappa shape index (κ1) is 22.7. The second kappa shape index (κ2) is 10.0. The fraction of sp³-hybridized carbons (Fsp3) is 0.200. The van der Waals surface area contributed by atoms with E-state index in [4.69, 9.17) is 15.9 Å². The van der Waals surface area contributed by atoms with E-state index in [-0.39, 0.29) is 17.7 Å². The molecule has 1 atom stereocenters. The Hall–Kier alpha value is -4.12. The van der Waals surface area contributed by atoms with Gasteiger partial charge in [-0.1, -0.05) is 60.7 Å². The van der Waals surface area contributed by atoms with E-state index in [0.29, 0.717) is 13.2 Å². The second-order valence-electron chi connectivity index (χ2n) is 9.11. The fourth-order valence-electron chi connectivity index (χ4n) is 4.77. The molecule has 0 saturated carbocycles. The highest BCUT2D eigenvalue weighted by Crippen LogP contribution is 2.34. The van der Waals surface area contributed by atoms with Crippen molar-refractivity contribution in [3.8, 4) is 5.75 Å². The van der Waals surface area contributed by atoms with Gasteiger partial charge < -0.3 is 15.8 Å². The molecule has 5 rings (SSSR count). The summed E-state index contributed by atoms with van der Waals surface area (Å²) in [4.78, 5) is 13.0. The van der Waals surface area contributed by atoms with Gasteiger partial charge >= 0.3 is 0 Å². The van der Waals surface area contributed by atoms with Crippen molar-refractivity contribution in [1.29, 1.82) is 5.41 Å². The van der Waals surface area contributed by atoms with Crippen LogP contribution in [0.25, 0.3) is 10.8 Å². The largest absolute Gasteiger partial charge is 0.489 e. The van der Waals surface area contributed by atoms with E-state index in [2.05, 4.69) is 17.4 Å². The number of nitrogens with one attached hydrogen (secondary N) is 2. The Balaban J connectivity index is 1.28. The number of aryl methyl sites for hydroxylation is 1. The fourth-order valence-corrected chi connectivity index (χ4v) is 4.77. The number of amides is 1. The predicted molar refractivity (Wildman–Crippen MR) is 140 cm³/mol. The highest BCUT2D eigenvalue weighted by molar-refractivity contribution is 5.99. The van der Waals surface area contributed by atoms with E-state index in [1.54, 1.807) is 0 Å². The Kier molecular flexibility index (Phi) is 6.49. The van der Waals surface area contributed by atoms with Crippen LogP contribution in [0.4, 0.5) is 0 Å². The maximum Gasteiger partial charge on any atom is 0.227 e. The van der Waals surface area contributed by atoms with Crippen LogP contribution >= 0.6 is 0 Å². The van der Waals surface area contributed by atoms with E-state index in [0.717, 1.165) is 58.0 Å². The van der Waals surface area contributed by atoms with Crippen molar-refractivity contribution in [2.75, 3.05) is 0 Å². The lowest BCUT2D eigenvalue weighted by molar-refractivity contribution is -0.123. The second-order valence-corrected chi connectivity index (χ2v) is 9.11. The Morgan fingerprint density at radius 2 is 1.74 bits per heavy atom. The molecular formula is C30H29N3O2. The predicted octanol–water partition coefficient (Wildman–Crippen LogP) is 5.44. The summed E-state index contributed by atoms with van der Waals surface area (Å²) in [6.07, 6.45) is 2.86. The Morgan fingerprint density at radius 3 is 2.57 bits per heavy atom. The molecule has 4 aromatic carbocycles. The monoisotopic (exact) mass is 463 g/mol. The molecule has 1 aliphatic carbocycles. The first-order valence-corrected chi connectivity index (χ1v) is 12.0. The summed E-state index contributed by atoms with van der Waals surface area (Å²) in [6, 6.07) is 28.1. The Morgan fingerprint density at radius 1 is 0.943 bits per heavy atom. The zero-order chi connectivity index (χ0) is 24.2. The van der Waals surface area contributed by atoms with Crippen molar-refractivity contribution in [3.05, 3.63) is 113 Å². The van der Waals surface area contributed by atoms with Crippen LogP contribution in [0, 0.1) is 5.41 Å². The molecule has 0 aromatic heterocycles. The van der Waals surface area contributed by atoms with Crippen molar-refractivity contribution >= 4 is 22.5 Å². The van der Waals surface area contributed by atoms with Gasteiger partial charge in [-0.2, -0.15) is 0 Å². The summed E-state index contributed by atoms with van der Waals surface area (Å²) < 4.78 is 6.14. The van der Waals surface area contributed by atoms with Gasteiger partial charge in [-0.05, 0) is 76.6 Å². The number of benzene rings is 4. The third kappa shape index (κ3) is 5.19. The summed E-state index contributed by atoms with van der Waals surface area (Å²) in [7, 11) is 0. The van der Waals surface area contributed by atoms with Gasteiger partial charge in [-0.15, -0.1) is 0 Å². The van der Waals surface area contributed by atoms with Crippen LogP contribution < -0.4 is 15.8 Å². The molecule has 0 spiro atoms. The Bertz CT molecular complexity index is 1380. The van der Waals surface area contributed by atoms with E-state index in [1.807, 2.05) is 72.8 Å². The smallest absolute Gasteiger partial charge is 0.227 e. The van der Waals surface area contributed by atoms with Crippen LogP contribution in [0.5, 0.6) is 5.75 Å². The average molecular weight is 464 g/mol. The van der Waals surface area contributed by atoms with Gasteiger partial charge in [-0.25, -0.2) is 0 Å². The minimum atomic E-state index is -0.151. The van der Waals surface area contributed by atoms with Crippen LogP contribution in [0.2, 0.25) is 0 Å². The van der Waals surface area contributed by atoms with Gasteiger partial charge in [0.05, 0.1) is 5.92 Å². The molecule has 35 heavy (non-hydrogen) atoms. The van der Waals surface area contributed by atoms with Crippen molar-refractivity contribution < 1.29 is 9.53 Å². The quantitative estimate of drug-likeness (QED) is 0.252. The number of amidine groups is 1. The maximum atomic E-state index is 13.0. The molecular weight excluding hydrogens is 434 g/mol. The van der Waals surface area contributed by atoms with E-state index < -0.39 is 0 Å². The minimum absolute atomic E-state index is 0.0683. The summed E-state index contributed by atoms with van der Waals surface area (Å²) in [6.45, 7) is 0.978. The molecule has 4 N–H and O–H groups in total. The van der Waals surface area contributed by atoms with Gasteiger partial charge in [0.15, 0.2) is 0 Å². The normalized spacial score (nSPS) is 14.8. The van der Waals surface area contributed by atoms with Gasteiger partial charge in [0.2, 0.25) is 5.91 Å². The highest BCUT2D eigenvalue weighted by Gasteiger charge is 2.26. The van der Waals surface area contributed by atoms with Gasteiger partial charge in [0.25, 0.3) is 0 Å². The number of rotatable bonds is 7. The van der Waals surface area contributed by atoms with Crippen molar-refractivity contribution in [2.45, 2.75) is 38.3 Å². The third-order valence-electron chi connectivity index (χ3n) is 6.68. The van der Waals surface area contributed by atoms with Crippen molar-refractivity contribution in [2.24, 2.45) is 5.73 Å². The third-order valence-corrected chi connectivity index (χ3v) is 6.68. The lowest BCUT2D eigenvalue weighted by Gasteiger charge is -2.25. The average Bonchev–Trinajstić information content (AvgIpc) is 2.90. The molecule has 1 unspecified atom stereocenters. The Labute approximate surface area is 205 Å². The minimum Gasteiger partial charge on any atom is -0.489 e. The lowest BCUT2D eigenvalue weighted by Crippen LogP contribution is -2.31. The molecule has 0 fully saturated rings. The molecule has 0 aliphatic heterocycles. The number of carbonyl (C=O) groups is 1. The number of nitrogens with two attached hydrogens (primary N) is 1. The van der Waals surface area contributed by atoms with E-state index >= 15 is 0 Å². The zero-order valence-electron chi connectivity index (χ0n) is 19.6. The lowest BCUT2D eigenvalue weighted by atomic mass is 9.82. The zero-order valence-corrected chi connectivity index (χ0v) is 19.6. The van der Waals surface area contributed by atoms with Gasteiger partial charge in [0, 0.05) is 12.1 Å². The number of hydrogen-bond donors (Lipinski definition) is 3. The molecule has 5 heteroatoms. The molecule has 0 bridgehead atoms. The van der Waals surface area contributed by atoms with Crippen LogP contribution in [0.15, 0.2) is 84.9 Å². The first-order chi connectivity index (χ1) is 17.1. The van der Waals surface area contributed by atoms with Crippen LogP contribution in [-0.2, 0) is 24.4 Å². The number of carbonyl (C=O) groups excluding carboxylic acids is 1. The summed E-state index contributed by atoms with van der Waals surface area (Å²) in [5.74, 6) is 0.769. The van der Waals surface area contributed by atoms with Crippen LogP contribution in [-0.4, -0.2) is 11.7 Å². The molecule has 176 valence electrons. The molecule has 4 aromatic rings. The summed E-state index contributed by atoms with van der Waals surface area (Å²) >= 11 is 0. The maximum absolute atomic E-state index is 13.0. The first-order valence-electron chi connectivity index (χ1n) is 12.0. The van der Waals surface area contributed by atoms with Crippen molar-refractivity contribution in [3.63, 3.8) is 0 Å². The number of ether oxygens (including phenoxy) is 1. The standard InChI is InChI=1S/C30H29N3O2/c31-29(32)25-12-11-23-15-21(9-10-24(23)16-25)19-35-26-14-13-22-7-4-8-27(28(22)17-26)30(34)33-18-20-5-2-1-3-6-20/h1-3,5-6,9-17,27H,4,7-8,18-19H2,(H3,31,32)(H,33,34). The number of nitrogen functional groups attached to an aromatic ring is 1. The molecule has 0 radical (unpaired) electrons. The molecule has 0 heterocycles. The number of hydrogen-bond acceptors (Lipinski definition) is 3. The topological polar surface area (TPSA) is 88.2 Å². The SMILES string of the molecule is N=C(N)c1ccc2cc(COc3ccc4c(c3)C(C(=O)NCc3ccccc3)CCC4)ccc2c1. The highest BCUT2D eigenvalue weighted by atomic mass is 16.5. The molecule has 5 nitrogen and oxygen atoms in total. The molecule has 1 amide bonds. The van der Waals surface area contributed by atoms with Gasteiger partial charge in [0.1, 0.15) is 18.2 Å². The van der Waals surface area contributed by atoms with E-state index in [1.165, 1.54) is 5.56 Å². The summed E-state index contributed by atoms with van der Waals surface area (Å²) in [5.41, 5.74) is 10.8.